The molecule has 2 heterocycles. The zero-order valence-corrected chi connectivity index (χ0v) is 11.2. The fourth-order valence-corrected chi connectivity index (χ4v) is 3.25. The van der Waals surface area contributed by atoms with Crippen molar-refractivity contribution in [2.45, 2.75) is 39.2 Å². The predicted octanol–water partition coefficient (Wildman–Crippen LogP) is 1.71. The summed E-state index contributed by atoms with van der Waals surface area (Å²) in [5, 5.41) is 0.951. The van der Waals surface area contributed by atoms with Crippen LogP contribution in [0.5, 0.6) is 0 Å². The molecule has 1 amide bonds. The zero-order valence-electron chi connectivity index (χ0n) is 10.4. The Bertz CT molecular complexity index is 416. The summed E-state index contributed by atoms with van der Waals surface area (Å²) in [4.78, 5) is 19.5. The molecule has 0 aromatic carbocycles. The molecule has 0 spiro atoms. The molecule has 94 valence electrons. The number of aromatic nitrogens is 1. The molecule has 0 saturated carbocycles. The lowest BCUT2D eigenvalue weighted by Gasteiger charge is -2.34. The third-order valence-electron chi connectivity index (χ3n) is 3.26. The summed E-state index contributed by atoms with van der Waals surface area (Å²) in [6.07, 6.45) is 3.28. The highest BCUT2D eigenvalue weighted by Gasteiger charge is 2.28. The van der Waals surface area contributed by atoms with Crippen LogP contribution in [-0.2, 0) is 0 Å². The van der Waals surface area contributed by atoms with Crippen molar-refractivity contribution in [3.8, 4) is 0 Å². The second kappa shape index (κ2) is 5.14. The number of nitrogens with zero attached hydrogens (tertiary/aromatic N) is 2. The molecule has 1 fully saturated rings. The highest BCUT2D eigenvalue weighted by atomic mass is 32.1. The van der Waals surface area contributed by atoms with Gasteiger partial charge in [0.15, 0.2) is 0 Å². The van der Waals surface area contributed by atoms with E-state index in [1.165, 1.54) is 17.8 Å². The first kappa shape index (κ1) is 12.5. The smallest absolute Gasteiger partial charge is 0.266 e. The van der Waals surface area contributed by atoms with Crippen LogP contribution in [-0.4, -0.2) is 34.9 Å². The number of thiazole rings is 1. The minimum atomic E-state index is 0.114. The van der Waals surface area contributed by atoms with Crippen molar-refractivity contribution in [3.63, 3.8) is 0 Å². The summed E-state index contributed by atoms with van der Waals surface area (Å²) >= 11 is 1.49. The maximum atomic E-state index is 12.4. The van der Waals surface area contributed by atoms with E-state index in [1.807, 2.05) is 18.7 Å². The Kier molecular flexibility index (Phi) is 3.79. The summed E-state index contributed by atoms with van der Waals surface area (Å²) in [6.45, 7) is 5.23. The molecule has 0 aliphatic carbocycles. The first-order valence-corrected chi connectivity index (χ1v) is 6.90. The first-order valence-electron chi connectivity index (χ1n) is 6.08. The average Bonchev–Trinajstić information content (AvgIpc) is 2.67. The number of amides is 1. The van der Waals surface area contributed by atoms with Crippen LogP contribution >= 0.6 is 11.3 Å². The highest BCUT2D eigenvalue weighted by Crippen LogP contribution is 2.24. The van der Waals surface area contributed by atoms with Crippen molar-refractivity contribution in [2.75, 3.05) is 13.1 Å². The monoisotopic (exact) mass is 253 g/mol. The Morgan fingerprint density at radius 2 is 2.29 bits per heavy atom. The summed E-state index contributed by atoms with van der Waals surface area (Å²) in [7, 11) is 0. The number of hydrogen-bond acceptors (Lipinski definition) is 4. The van der Waals surface area contributed by atoms with Crippen LogP contribution in [0, 0.1) is 13.8 Å². The van der Waals surface area contributed by atoms with Crippen molar-refractivity contribution in [1.29, 1.82) is 0 Å². The molecule has 0 bridgehead atoms. The van der Waals surface area contributed by atoms with Gasteiger partial charge < -0.3 is 10.6 Å². The standard InChI is InChI=1S/C12H19N3OS/c1-8-11(17-9(2)14-8)12(16)15-6-4-3-5-10(15)7-13/h10H,3-7,13H2,1-2H3. The zero-order chi connectivity index (χ0) is 12.4. The van der Waals surface area contributed by atoms with Crippen LogP contribution in [0.4, 0.5) is 0 Å². The molecular weight excluding hydrogens is 234 g/mol. The number of aryl methyl sites for hydroxylation is 2. The van der Waals surface area contributed by atoms with Crippen molar-refractivity contribution in [2.24, 2.45) is 5.73 Å². The van der Waals surface area contributed by atoms with Crippen LogP contribution in [0.25, 0.3) is 0 Å². The maximum absolute atomic E-state index is 12.4. The predicted molar refractivity (Wildman–Crippen MR) is 69.3 cm³/mol. The second-order valence-corrected chi connectivity index (χ2v) is 5.73. The summed E-state index contributed by atoms with van der Waals surface area (Å²) in [6, 6.07) is 0.207. The molecule has 1 aromatic rings. The number of rotatable bonds is 2. The molecule has 1 aliphatic heterocycles. The van der Waals surface area contributed by atoms with Gasteiger partial charge in [-0.1, -0.05) is 0 Å². The van der Waals surface area contributed by atoms with E-state index >= 15 is 0 Å². The Morgan fingerprint density at radius 3 is 2.88 bits per heavy atom. The van der Waals surface area contributed by atoms with Gasteiger partial charge in [0.25, 0.3) is 5.91 Å². The number of carbonyl (C=O) groups excluding carboxylic acids is 1. The van der Waals surface area contributed by atoms with Crippen molar-refractivity contribution in [1.82, 2.24) is 9.88 Å². The van der Waals surface area contributed by atoms with Crippen LogP contribution in [0.3, 0.4) is 0 Å². The average molecular weight is 253 g/mol. The van der Waals surface area contributed by atoms with E-state index in [1.54, 1.807) is 0 Å². The fourth-order valence-electron chi connectivity index (χ4n) is 2.37. The van der Waals surface area contributed by atoms with Crippen molar-refractivity contribution < 1.29 is 4.79 Å². The molecule has 1 unspecified atom stereocenters. The third kappa shape index (κ3) is 2.50. The SMILES string of the molecule is Cc1nc(C)c(C(=O)N2CCCCC2CN)s1. The fraction of sp³-hybridized carbons (Fsp3) is 0.667. The van der Waals surface area contributed by atoms with Gasteiger partial charge in [-0.3, -0.25) is 4.79 Å². The molecule has 2 rings (SSSR count). The van der Waals surface area contributed by atoms with E-state index in [0.29, 0.717) is 6.54 Å². The van der Waals surface area contributed by atoms with Gasteiger partial charge in [-0.2, -0.15) is 0 Å². The number of nitrogens with two attached hydrogens (primary N) is 1. The van der Waals surface area contributed by atoms with Gasteiger partial charge in [0.2, 0.25) is 0 Å². The molecule has 1 aliphatic rings. The maximum Gasteiger partial charge on any atom is 0.266 e. The number of hydrogen-bond donors (Lipinski definition) is 1. The van der Waals surface area contributed by atoms with Gasteiger partial charge in [0.05, 0.1) is 10.7 Å². The van der Waals surface area contributed by atoms with Crippen LogP contribution in [0.2, 0.25) is 0 Å². The molecule has 1 saturated heterocycles. The van der Waals surface area contributed by atoms with Crippen LogP contribution in [0.15, 0.2) is 0 Å². The lowest BCUT2D eigenvalue weighted by atomic mass is 10.0. The number of carbonyl (C=O) groups is 1. The second-order valence-electron chi connectivity index (χ2n) is 4.53. The van der Waals surface area contributed by atoms with Gasteiger partial charge in [-0.25, -0.2) is 4.98 Å². The van der Waals surface area contributed by atoms with E-state index in [-0.39, 0.29) is 11.9 Å². The quantitative estimate of drug-likeness (QED) is 0.873. The molecule has 17 heavy (non-hydrogen) atoms. The molecule has 5 heteroatoms. The number of piperidine rings is 1. The van der Waals surface area contributed by atoms with Crippen molar-refractivity contribution in [3.05, 3.63) is 15.6 Å². The molecule has 4 nitrogen and oxygen atoms in total. The molecule has 1 atom stereocenters. The van der Waals surface area contributed by atoms with Gasteiger partial charge >= 0.3 is 0 Å². The van der Waals surface area contributed by atoms with E-state index < -0.39 is 0 Å². The topological polar surface area (TPSA) is 59.2 Å². The first-order chi connectivity index (χ1) is 8.13. The van der Waals surface area contributed by atoms with E-state index in [0.717, 1.165) is 35.0 Å². The largest absolute Gasteiger partial charge is 0.334 e. The number of likely N-dealkylation sites (tertiary alicyclic amines) is 1. The van der Waals surface area contributed by atoms with Gasteiger partial charge in [-0.15, -0.1) is 11.3 Å². The lowest BCUT2D eigenvalue weighted by molar-refractivity contribution is 0.0627. The van der Waals surface area contributed by atoms with Gasteiger partial charge in [-0.05, 0) is 33.1 Å². The van der Waals surface area contributed by atoms with Crippen LogP contribution < -0.4 is 5.73 Å². The summed E-state index contributed by atoms with van der Waals surface area (Å²) in [5.74, 6) is 0.114. The summed E-state index contributed by atoms with van der Waals surface area (Å²) < 4.78 is 0. The van der Waals surface area contributed by atoms with Crippen molar-refractivity contribution >= 4 is 17.2 Å². The Labute approximate surface area is 106 Å². The molecule has 2 N–H and O–H groups in total. The van der Waals surface area contributed by atoms with Gasteiger partial charge in [0, 0.05) is 19.1 Å². The normalized spacial score (nSPS) is 20.6. The summed E-state index contributed by atoms with van der Waals surface area (Å²) in [5.41, 5.74) is 6.59. The van der Waals surface area contributed by atoms with E-state index in [2.05, 4.69) is 4.98 Å². The Balaban J connectivity index is 2.21. The molecule has 1 aromatic heterocycles. The Hall–Kier alpha value is -0.940. The lowest BCUT2D eigenvalue weighted by Crippen LogP contribution is -2.47. The minimum absolute atomic E-state index is 0.114. The minimum Gasteiger partial charge on any atom is -0.334 e. The highest BCUT2D eigenvalue weighted by molar-refractivity contribution is 7.13. The Morgan fingerprint density at radius 1 is 1.53 bits per heavy atom. The molecular formula is C12H19N3OS. The van der Waals surface area contributed by atoms with E-state index in [9.17, 15) is 4.79 Å². The molecule has 0 radical (unpaired) electrons. The van der Waals surface area contributed by atoms with Gasteiger partial charge in [0.1, 0.15) is 4.88 Å². The van der Waals surface area contributed by atoms with E-state index in [4.69, 9.17) is 5.73 Å². The third-order valence-corrected chi connectivity index (χ3v) is 4.32. The van der Waals surface area contributed by atoms with Crippen LogP contribution in [0.1, 0.15) is 39.6 Å².